The quantitative estimate of drug-likeness (QED) is 0.429. The number of nitro benzene ring substituents is 1. The van der Waals surface area contributed by atoms with Gasteiger partial charge < -0.3 is 5.32 Å². The van der Waals surface area contributed by atoms with Crippen LogP contribution in [0.1, 0.15) is 24.0 Å². The average Bonchev–Trinajstić information content (AvgIpc) is 2.63. The molecule has 0 unspecified atom stereocenters. The van der Waals surface area contributed by atoms with E-state index < -0.39 is 10.8 Å². The van der Waals surface area contributed by atoms with E-state index in [4.69, 9.17) is 11.6 Å². The molecular weight excluding hydrogens is 372 g/mol. The van der Waals surface area contributed by atoms with Crippen molar-refractivity contribution >= 4 is 41.0 Å². The Balaban J connectivity index is 1.81. The van der Waals surface area contributed by atoms with E-state index in [1.54, 1.807) is 43.3 Å². The molecule has 9 heteroatoms. The summed E-state index contributed by atoms with van der Waals surface area (Å²) < 4.78 is 0. The van der Waals surface area contributed by atoms with Gasteiger partial charge in [0.2, 0.25) is 11.8 Å². The Morgan fingerprint density at radius 2 is 1.89 bits per heavy atom. The third-order valence-electron chi connectivity index (χ3n) is 3.56. The number of nitrogens with one attached hydrogen (secondary N) is 2. The van der Waals surface area contributed by atoms with E-state index in [-0.39, 0.29) is 24.4 Å². The van der Waals surface area contributed by atoms with Crippen LogP contribution in [-0.4, -0.2) is 23.0 Å². The van der Waals surface area contributed by atoms with Crippen LogP contribution < -0.4 is 10.7 Å². The number of amides is 2. The number of carbonyl (C=O) groups is 2. The van der Waals surface area contributed by atoms with Crippen molar-refractivity contribution in [3.63, 3.8) is 0 Å². The zero-order valence-electron chi connectivity index (χ0n) is 14.4. The standard InChI is InChI=1S/C18H17ClN4O4/c1-12-6-7-13(10-16(12)23(26)27)11-20-22-18(25)9-8-17(24)21-15-5-3-2-4-14(15)19/h2-7,10-11H,8-9H2,1H3,(H,21,24)(H,22,25). The molecule has 0 spiro atoms. The van der Waals surface area contributed by atoms with Crippen LogP contribution in [0.5, 0.6) is 0 Å². The van der Waals surface area contributed by atoms with Gasteiger partial charge in [-0.3, -0.25) is 19.7 Å². The number of benzene rings is 2. The average molecular weight is 389 g/mol. The second-order valence-electron chi connectivity index (χ2n) is 5.62. The minimum atomic E-state index is -0.483. The van der Waals surface area contributed by atoms with Crippen LogP contribution in [0.2, 0.25) is 5.02 Å². The number of hydrazone groups is 1. The van der Waals surface area contributed by atoms with Gasteiger partial charge in [0, 0.05) is 30.0 Å². The summed E-state index contributed by atoms with van der Waals surface area (Å²) in [6.07, 6.45) is 1.19. The Bertz CT molecular complexity index is 899. The van der Waals surface area contributed by atoms with Gasteiger partial charge in [0.05, 0.1) is 21.8 Å². The van der Waals surface area contributed by atoms with Crippen molar-refractivity contribution in [3.05, 3.63) is 68.7 Å². The molecule has 0 radical (unpaired) electrons. The summed E-state index contributed by atoms with van der Waals surface area (Å²) in [4.78, 5) is 34.0. The zero-order chi connectivity index (χ0) is 19.8. The van der Waals surface area contributed by atoms with Gasteiger partial charge in [-0.2, -0.15) is 5.10 Å². The molecule has 2 rings (SSSR count). The highest BCUT2D eigenvalue weighted by Gasteiger charge is 2.10. The maximum atomic E-state index is 11.8. The van der Waals surface area contributed by atoms with Crippen LogP contribution >= 0.6 is 11.6 Å². The molecule has 140 valence electrons. The molecule has 2 aromatic rings. The van der Waals surface area contributed by atoms with Gasteiger partial charge in [0.25, 0.3) is 5.69 Å². The molecule has 0 atom stereocenters. The zero-order valence-corrected chi connectivity index (χ0v) is 15.2. The maximum Gasteiger partial charge on any atom is 0.272 e. The Kier molecular flexibility index (Phi) is 7.01. The van der Waals surface area contributed by atoms with Gasteiger partial charge in [-0.25, -0.2) is 5.43 Å². The molecule has 0 aliphatic heterocycles. The SMILES string of the molecule is Cc1ccc(C=NNC(=O)CCC(=O)Nc2ccccc2Cl)cc1[N+](=O)[O-]. The number of halogens is 1. The number of hydrogen-bond donors (Lipinski definition) is 2. The molecule has 0 heterocycles. The normalized spacial score (nSPS) is 10.6. The lowest BCUT2D eigenvalue weighted by Gasteiger charge is -2.06. The highest BCUT2D eigenvalue weighted by atomic mass is 35.5. The largest absolute Gasteiger partial charge is 0.325 e. The Labute approximate surface area is 160 Å². The fraction of sp³-hybridized carbons (Fsp3) is 0.167. The number of nitrogens with zero attached hydrogens (tertiary/aromatic N) is 2. The van der Waals surface area contributed by atoms with E-state index >= 15 is 0 Å². The van der Waals surface area contributed by atoms with E-state index in [1.807, 2.05) is 0 Å². The van der Waals surface area contributed by atoms with Crippen molar-refractivity contribution in [1.29, 1.82) is 0 Å². The smallest absolute Gasteiger partial charge is 0.272 e. The van der Waals surface area contributed by atoms with Crippen LogP contribution in [0.4, 0.5) is 11.4 Å². The van der Waals surface area contributed by atoms with Crippen LogP contribution in [0.25, 0.3) is 0 Å². The van der Waals surface area contributed by atoms with Crippen molar-refractivity contribution < 1.29 is 14.5 Å². The summed E-state index contributed by atoms with van der Waals surface area (Å²) in [5.74, 6) is -0.807. The summed E-state index contributed by atoms with van der Waals surface area (Å²) in [7, 11) is 0. The third-order valence-corrected chi connectivity index (χ3v) is 3.89. The second-order valence-corrected chi connectivity index (χ2v) is 6.03. The lowest BCUT2D eigenvalue weighted by atomic mass is 10.1. The number of hydrogen-bond acceptors (Lipinski definition) is 5. The van der Waals surface area contributed by atoms with Gasteiger partial charge in [-0.1, -0.05) is 35.9 Å². The van der Waals surface area contributed by atoms with Crippen LogP contribution in [0.15, 0.2) is 47.6 Å². The van der Waals surface area contributed by atoms with Crippen molar-refractivity contribution in [2.45, 2.75) is 19.8 Å². The van der Waals surface area contributed by atoms with Crippen molar-refractivity contribution in [2.75, 3.05) is 5.32 Å². The second kappa shape index (κ2) is 9.44. The first-order chi connectivity index (χ1) is 12.9. The van der Waals surface area contributed by atoms with E-state index in [0.717, 1.165) is 0 Å². The van der Waals surface area contributed by atoms with Gasteiger partial charge >= 0.3 is 0 Å². The highest BCUT2D eigenvalue weighted by Crippen LogP contribution is 2.20. The first kappa shape index (κ1) is 20.1. The van der Waals surface area contributed by atoms with Crippen molar-refractivity contribution in [1.82, 2.24) is 5.43 Å². The van der Waals surface area contributed by atoms with E-state index in [1.165, 1.54) is 12.3 Å². The van der Waals surface area contributed by atoms with Crippen LogP contribution in [0, 0.1) is 17.0 Å². The molecular formula is C18H17ClN4O4. The molecule has 0 saturated carbocycles. The Morgan fingerprint density at radius 1 is 1.19 bits per heavy atom. The minimum absolute atomic E-state index is 0.0264. The molecule has 0 aromatic heterocycles. The third kappa shape index (κ3) is 6.19. The lowest BCUT2D eigenvalue weighted by Crippen LogP contribution is -2.20. The highest BCUT2D eigenvalue weighted by molar-refractivity contribution is 6.33. The van der Waals surface area contributed by atoms with Crippen LogP contribution in [-0.2, 0) is 9.59 Å². The number of anilines is 1. The summed E-state index contributed by atoms with van der Waals surface area (Å²) in [6.45, 7) is 1.63. The molecule has 0 saturated heterocycles. The van der Waals surface area contributed by atoms with E-state index in [2.05, 4.69) is 15.8 Å². The number of rotatable bonds is 7. The minimum Gasteiger partial charge on any atom is -0.325 e. The number of aryl methyl sites for hydroxylation is 1. The number of carbonyl (C=O) groups excluding carboxylic acids is 2. The number of para-hydroxylation sites is 1. The fourth-order valence-corrected chi connectivity index (χ4v) is 2.32. The Hall–Kier alpha value is -3.26. The lowest BCUT2D eigenvalue weighted by molar-refractivity contribution is -0.385. The fourth-order valence-electron chi connectivity index (χ4n) is 2.14. The molecule has 8 nitrogen and oxygen atoms in total. The molecule has 2 N–H and O–H groups in total. The summed E-state index contributed by atoms with van der Waals surface area (Å²) in [5, 5.41) is 17.7. The van der Waals surface area contributed by atoms with Gasteiger partial charge in [-0.05, 0) is 19.1 Å². The summed E-state index contributed by atoms with van der Waals surface area (Å²) in [6, 6.07) is 11.4. The summed E-state index contributed by atoms with van der Waals surface area (Å²) in [5.41, 5.74) is 3.74. The maximum absolute atomic E-state index is 11.8. The predicted octanol–water partition coefficient (Wildman–Crippen LogP) is 3.43. The van der Waals surface area contributed by atoms with E-state index in [9.17, 15) is 19.7 Å². The molecule has 27 heavy (non-hydrogen) atoms. The van der Waals surface area contributed by atoms with Gasteiger partial charge in [0.1, 0.15) is 0 Å². The predicted molar refractivity (Wildman–Crippen MR) is 103 cm³/mol. The topological polar surface area (TPSA) is 114 Å². The van der Waals surface area contributed by atoms with Crippen molar-refractivity contribution in [2.24, 2.45) is 5.10 Å². The van der Waals surface area contributed by atoms with Crippen molar-refractivity contribution in [3.8, 4) is 0 Å². The van der Waals surface area contributed by atoms with Crippen LogP contribution in [0.3, 0.4) is 0 Å². The molecule has 0 bridgehead atoms. The Morgan fingerprint density at radius 3 is 2.59 bits per heavy atom. The molecule has 2 aromatic carbocycles. The first-order valence-corrected chi connectivity index (χ1v) is 8.36. The monoisotopic (exact) mass is 388 g/mol. The molecule has 0 fully saturated rings. The first-order valence-electron chi connectivity index (χ1n) is 7.98. The van der Waals surface area contributed by atoms with Gasteiger partial charge in [0.15, 0.2) is 0 Å². The molecule has 0 aliphatic carbocycles. The molecule has 2 amide bonds. The van der Waals surface area contributed by atoms with Gasteiger partial charge in [-0.15, -0.1) is 0 Å². The summed E-state index contributed by atoms with van der Waals surface area (Å²) >= 11 is 5.94. The number of nitro groups is 1. The molecule has 0 aliphatic rings. The van der Waals surface area contributed by atoms with E-state index in [0.29, 0.717) is 21.8 Å².